The fraction of sp³-hybridized carbons (Fsp3) is 0.250. The second-order valence-corrected chi connectivity index (χ2v) is 8.67. The Hall–Kier alpha value is -2.62. The molecule has 1 atom stereocenters. The first-order valence-electron chi connectivity index (χ1n) is 8.91. The van der Waals surface area contributed by atoms with Crippen molar-refractivity contribution in [3.63, 3.8) is 0 Å². The number of rotatable bonds is 6. The highest BCUT2D eigenvalue weighted by Gasteiger charge is 2.42. The zero-order chi connectivity index (χ0) is 20.6. The third kappa shape index (κ3) is 3.57. The van der Waals surface area contributed by atoms with Gasteiger partial charge >= 0.3 is 0 Å². The Morgan fingerprint density at radius 1 is 1.14 bits per heavy atom. The van der Waals surface area contributed by atoms with E-state index in [0.717, 1.165) is 5.56 Å². The second kappa shape index (κ2) is 7.66. The lowest BCUT2D eigenvalue weighted by molar-refractivity contribution is 0.119. The third-order valence-electron chi connectivity index (χ3n) is 4.87. The van der Waals surface area contributed by atoms with Gasteiger partial charge in [0.2, 0.25) is 10.0 Å². The van der Waals surface area contributed by atoms with Crippen LogP contribution in [0.2, 0.25) is 0 Å². The molecule has 0 amide bonds. The van der Waals surface area contributed by atoms with Crippen molar-refractivity contribution in [3.8, 4) is 0 Å². The molecule has 152 valence electrons. The number of halogens is 2. The van der Waals surface area contributed by atoms with Crippen molar-refractivity contribution >= 4 is 10.0 Å². The molecular weight excluding hydrogens is 400 g/mol. The van der Waals surface area contributed by atoms with Crippen LogP contribution in [0.5, 0.6) is 0 Å². The Morgan fingerprint density at radius 2 is 1.83 bits per heavy atom. The van der Waals surface area contributed by atoms with Crippen LogP contribution in [0.1, 0.15) is 28.4 Å². The van der Waals surface area contributed by atoms with E-state index in [0.29, 0.717) is 16.8 Å². The number of hydrogen-bond donors (Lipinski definition) is 0. The largest absolute Gasteiger partial charge is 0.362 e. The smallest absolute Gasteiger partial charge is 0.244 e. The van der Waals surface area contributed by atoms with E-state index >= 15 is 0 Å². The zero-order valence-corrected chi connectivity index (χ0v) is 16.4. The Balaban J connectivity index is 1.78. The number of alkyl halides is 1. The van der Waals surface area contributed by atoms with Gasteiger partial charge in [0.15, 0.2) is 0 Å². The Bertz CT molecular complexity index is 1110. The molecule has 2 heterocycles. The molecule has 1 aliphatic heterocycles. The lowest BCUT2D eigenvalue weighted by Crippen LogP contribution is -2.31. The van der Waals surface area contributed by atoms with Gasteiger partial charge in [0.05, 0.1) is 16.6 Å². The van der Waals surface area contributed by atoms with E-state index in [4.69, 9.17) is 4.74 Å². The van der Waals surface area contributed by atoms with Crippen LogP contribution in [0.3, 0.4) is 0 Å². The number of aromatic nitrogens is 2. The predicted octanol–water partition coefficient (Wildman–Crippen LogP) is 3.39. The summed E-state index contributed by atoms with van der Waals surface area (Å²) in [5.74, 6) is -0.409. The zero-order valence-electron chi connectivity index (χ0n) is 15.6. The predicted molar refractivity (Wildman–Crippen MR) is 101 cm³/mol. The third-order valence-corrected chi connectivity index (χ3v) is 6.70. The maximum atomic E-state index is 13.4. The number of hydrogen-bond acceptors (Lipinski definition) is 4. The highest BCUT2D eigenvalue weighted by Crippen LogP contribution is 2.41. The van der Waals surface area contributed by atoms with Gasteiger partial charge in [-0.25, -0.2) is 21.9 Å². The lowest BCUT2D eigenvalue weighted by Gasteiger charge is -2.25. The molecule has 0 N–H and O–H groups in total. The van der Waals surface area contributed by atoms with Crippen molar-refractivity contribution in [2.75, 3.05) is 7.11 Å². The van der Waals surface area contributed by atoms with Crippen molar-refractivity contribution in [3.05, 3.63) is 82.9 Å². The van der Waals surface area contributed by atoms with Gasteiger partial charge in [-0.1, -0.05) is 24.3 Å². The molecule has 29 heavy (non-hydrogen) atoms. The van der Waals surface area contributed by atoms with Crippen LogP contribution < -0.4 is 0 Å². The first-order valence-corrected chi connectivity index (χ1v) is 10.4. The maximum absolute atomic E-state index is 13.4. The molecule has 1 aromatic heterocycles. The summed E-state index contributed by atoms with van der Waals surface area (Å²) < 4.78 is 61.0. The Morgan fingerprint density at radius 3 is 2.45 bits per heavy atom. The molecule has 0 bridgehead atoms. The highest BCUT2D eigenvalue weighted by molar-refractivity contribution is 7.89. The van der Waals surface area contributed by atoms with Crippen molar-refractivity contribution in [2.24, 2.45) is 0 Å². The van der Waals surface area contributed by atoms with Gasteiger partial charge in [0.1, 0.15) is 19.2 Å². The highest BCUT2D eigenvalue weighted by atomic mass is 32.2. The van der Waals surface area contributed by atoms with Gasteiger partial charge in [0, 0.05) is 25.4 Å². The maximum Gasteiger partial charge on any atom is 0.244 e. The van der Waals surface area contributed by atoms with E-state index in [1.54, 1.807) is 30.1 Å². The second-order valence-electron chi connectivity index (χ2n) is 6.78. The number of sulfonamides is 1. The van der Waals surface area contributed by atoms with Crippen LogP contribution in [0.4, 0.5) is 8.78 Å². The van der Waals surface area contributed by atoms with Crippen LogP contribution >= 0.6 is 0 Å². The van der Waals surface area contributed by atoms with E-state index in [1.165, 1.54) is 40.7 Å². The summed E-state index contributed by atoms with van der Waals surface area (Å²) in [5, 5.41) is 4.49. The minimum absolute atomic E-state index is 0.0664. The van der Waals surface area contributed by atoms with Gasteiger partial charge in [-0.05, 0) is 35.4 Å². The molecule has 2 aromatic carbocycles. The molecule has 9 heteroatoms. The number of methoxy groups -OCH3 is 1. The summed E-state index contributed by atoms with van der Waals surface area (Å²) in [4.78, 5) is 0.0664. The monoisotopic (exact) mass is 419 g/mol. The standard InChI is InChI=1S/C20H19F2N3O3S/c1-28-13-24-11-16-12-25(29(26,27)18-8-2-14(10-21)3-9-18)20(19(16)23-24)15-4-6-17(22)7-5-15/h2-9,11,20H,10,12-13H2,1H3. The molecule has 0 aliphatic carbocycles. The van der Waals surface area contributed by atoms with Crippen LogP contribution in [-0.4, -0.2) is 29.6 Å². The average molecular weight is 419 g/mol. The van der Waals surface area contributed by atoms with E-state index in [9.17, 15) is 17.2 Å². The summed E-state index contributed by atoms with van der Waals surface area (Å²) in [7, 11) is -2.35. The number of nitrogens with zero attached hydrogens (tertiary/aromatic N) is 3. The molecule has 0 saturated carbocycles. The minimum atomic E-state index is -3.90. The van der Waals surface area contributed by atoms with E-state index in [2.05, 4.69) is 5.10 Å². The first-order chi connectivity index (χ1) is 13.9. The lowest BCUT2D eigenvalue weighted by atomic mass is 10.0. The molecule has 0 fully saturated rings. The summed E-state index contributed by atoms with van der Waals surface area (Å²) in [6.07, 6.45) is 1.75. The van der Waals surface area contributed by atoms with E-state index < -0.39 is 28.6 Å². The molecule has 0 spiro atoms. The quantitative estimate of drug-likeness (QED) is 0.614. The van der Waals surface area contributed by atoms with Crippen LogP contribution in [-0.2, 0) is 34.7 Å². The molecular formula is C20H19F2N3O3S. The van der Waals surface area contributed by atoms with Gasteiger partial charge in [0.25, 0.3) is 0 Å². The number of benzene rings is 2. The molecule has 0 saturated heterocycles. The summed E-state index contributed by atoms with van der Waals surface area (Å²) in [6.45, 7) is -0.309. The van der Waals surface area contributed by atoms with Crippen molar-refractivity contribution in [1.82, 2.24) is 14.1 Å². The van der Waals surface area contributed by atoms with E-state index in [1.807, 2.05) is 0 Å². The molecule has 4 rings (SSSR count). The summed E-state index contributed by atoms with van der Waals surface area (Å²) >= 11 is 0. The molecule has 6 nitrogen and oxygen atoms in total. The summed E-state index contributed by atoms with van der Waals surface area (Å²) in [5.41, 5.74) is 2.34. The number of ether oxygens (including phenoxy) is 1. The van der Waals surface area contributed by atoms with Crippen molar-refractivity contribution in [2.45, 2.75) is 30.9 Å². The average Bonchev–Trinajstić information content (AvgIpc) is 3.27. The van der Waals surface area contributed by atoms with Gasteiger partial charge in [-0.3, -0.25) is 0 Å². The fourth-order valence-corrected chi connectivity index (χ4v) is 5.06. The van der Waals surface area contributed by atoms with Gasteiger partial charge in [-0.15, -0.1) is 0 Å². The minimum Gasteiger partial charge on any atom is -0.362 e. The van der Waals surface area contributed by atoms with Crippen molar-refractivity contribution < 1.29 is 21.9 Å². The Kier molecular flexibility index (Phi) is 5.20. The molecule has 0 radical (unpaired) electrons. The normalized spacial score (nSPS) is 16.9. The van der Waals surface area contributed by atoms with Crippen LogP contribution in [0.25, 0.3) is 0 Å². The van der Waals surface area contributed by atoms with Crippen LogP contribution in [0.15, 0.2) is 59.6 Å². The SMILES string of the molecule is COCn1cc2c(n1)C(c1ccc(F)cc1)N(S(=O)(=O)c1ccc(CF)cc1)C2. The Labute approximate surface area is 167 Å². The van der Waals surface area contributed by atoms with Gasteiger partial charge in [-0.2, -0.15) is 9.40 Å². The van der Waals surface area contributed by atoms with Crippen LogP contribution in [0, 0.1) is 5.82 Å². The fourth-order valence-electron chi connectivity index (χ4n) is 3.50. The topological polar surface area (TPSA) is 64.4 Å². The molecule has 1 aliphatic rings. The van der Waals surface area contributed by atoms with Crippen molar-refractivity contribution in [1.29, 1.82) is 0 Å². The first kappa shape index (κ1) is 19.7. The molecule has 1 unspecified atom stereocenters. The van der Waals surface area contributed by atoms with Gasteiger partial charge < -0.3 is 4.74 Å². The summed E-state index contributed by atoms with van der Waals surface area (Å²) in [6, 6.07) is 10.7. The molecule has 3 aromatic rings. The van der Waals surface area contributed by atoms with E-state index in [-0.39, 0.29) is 18.2 Å². The number of fused-ring (bicyclic) bond motifs is 1.